The Hall–Kier alpha value is -0.660. The van der Waals surface area contributed by atoms with Gasteiger partial charge in [0.2, 0.25) is 0 Å². The summed E-state index contributed by atoms with van der Waals surface area (Å²) in [6.45, 7) is 6.70. The molecule has 0 aromatic carbocycles. The molecule has 6 nitrogen and oxygen atoms in total. The highest BCUT2D eigenvalue weighted by molar-refractivity contribution is 7.91. The minimum atomic E-state index is -2.80. The highest BCUT2D eigenvalue weighted by atomic mass is 32.2. The maximum atomic E-state index is 11.8. The molecule has 0 aliphatic carbocycles. The van der Waals surface area contributed by atoms with Crippen LogP contribution in [0.1, 0.15) is 33.1 Å². The first-order chi connectivity index (χ1) is 9.83. The van der Waals surface area contributed by atoms with Crippen molar-refractivity contribution in [2.75, 3.05) is 44.8 Å². The average molecular weight is 320 g/mol. The summed E-state index contributed by atoms with van der Waals surface area (Å²) in [5.41, 5.74) is -0.630. The molecule has 0 spiro atoms. The predicted molar refractivity (Wildman–Crippen MR) is 83.0 cm³/mol. The molecule has 1 saturated heterocycles. The Bertz CT molecular complexity index is 424. The Kier molecular flexibility index (Phi) is 7.09. The van der Waals surface area contributed by atoms with E-state index in [0.717, 1.165) is 32.4 Å². The molecule has 1 aliphatic rings. The van der Waals surface area contributed by atoms with Crippen molar-refractivity contribution in [2.45, 2.75) is 38.6 Å². The van der Waals surface area contributed by atoms with E-state index < -0.39 is 15.4 Å². The Morgan fingerprint density at radius 1 is 1.29 bits per heavy atom. The third-order valence-corrected chi connectivity index (χ3v) is 5.65. The summed E-state index contributed by atoms with van der Waals surface area (Å²) in [4.78, 5) is 14.0. The number of esters is 1. The quantitative estimate of drug-likeness (QED) is 0.516. The maximum Gasteiger partial charge on any atom is 0.325 e. The topological polar surface area (TPSA) is 75.7 Å². The lowest BCUT2D eigenvalue weighted by Gasteiger charge is -2.29. The van der Waals surface area contributed by atoms with Gasteiger partial charge in [0, 0.05) is 13.1 Å². The van der Waals surface area contributed by atoms with Crippen LogP contribution in [0, 0.1) is 0 Å². The van der Waals surface area contributed by atoms with Crippen LogP contribution in [0.3, 0.4) is 0 Å². The molecule has 1 N–H and O–H groups in total. The SMILES string of the molecule is CCNC(C)(CCCCN1CCS(=O)(=O)CC1)C(=O)OC. The van der Waals surface area contributed by atoms with Gasteiger partial charge >= 0.3 is 5.97 Å². The van der Waals surface area contributed by atoms with Crippen LogP contribution in [0.5, 0.6) is 0 Å². The van der Waals surface area contributed by atoms with Crippen LogP contribution in [-0.2, 0) is 19.4 Å². The second kappa shape index (κ2) is 8.10. The summed E-state index contributed by atoms with van der Waals surface area (Å²) >= 11 is 0. The summed E-state index contributed by atoms with van der Waals surface area (Å²) in [6, 6.07) is 0. The summed E-state index contributed by atoms with van der Waals surface area (Å²) in [5, 5.41) is 3.19. The van der Waals surface area contributed by atoms with E-state index in [1.54, 1.807) is 0 Å². The Balaban J connectivity index is 2.30. The monoisotopic (exact) mass is 320 g/mol. The minimum absolute atomic E-state index is 0.228. The molecule has 0 aromatic rings. The second-order valence-corrected chi connectivity index (χ2v) is 8.11. The van der Waals surface area contributed by atoms with Gasteiger partial charge in [0.05, 0.1) is 18.6 Å². The van der Waals surface area contributed by atoms with E-state index in [2.05, 4.69) is 10.2 Å². The van der Waals surface area contributed by atoms with Crippen LogP contribution in [0.25, 0.3) is 0 Å². The second-order valence-electron chi connectivity index (χ2n) is 5.80. The van der Waals surface area contributed by atoms with Crippen LogP contribution < -0.4 is 5.32 Å². The molecule has 1 unspecified atom stereocenters. The van der Waals surface area contributed by atoms with Gasteiger partial charge < -0.3 is 15.0 Å². The lowest BCUT2D eigenvalue weighted by Crippen LogP contribution is -2.50. The summed E-state index contributed by atoms with van der Waals surface area (Å²) in [5.74, 6) is 0.308. The molecule has 1 heterocycles. The maximum absolute atomic E-state index is 11.8. The van der Waals surface area contributed by atoms with Gasteiger partial charge in [-0.3, -0.25) is 4.79 Å². The number of carbonyl (C=O) groups is 1. The van der Waals surface area contributed by atoms with E-state index in [4.69, 9.17) is 4.74 Å². The van der Waals surface area contributed by atoms with Gasteiger partial charge in [-0.2, -0.15) is 0 Å². The van der Waals surface area contributed by atoms with Crippen molar-refractivity contribution in [1.82, 2.24) is 10.2 Å². The largest absolute Gasteiger partial charge is 0.468 e. The van der Waals surface area contributed by atoms with Crippen LogP contribution >= 0.6 is 0 Å². The molecule has 124 valence electrons. The zero-order valence-corrected chi connectivity index (χ0v) is 14.2. The van der Waals surface area contributed by atoms with Crippen LogP contribution in [0.15, 0.2) is 0 Å². The van der Waals surface area contributed by atoms with Gasteiger partial charge in [0.15, 0.2) is 9.84 Å². The minimum Gasteiger partial charge on any atom is -0.468 e. The fraction of sp³-hybridized carbons (Fsp3) is 0.929. The molecular formula is C14H28N2O4S. The third-order valence-electron chi connectivity index (χ3n) is 4.04. The van der Waals surface area contributed by atoms with E-state index in [1.807, 2.05) is 13.8 Å². The van der Waals surface area contributed by atoms with Crippen molar-refractivity contribution in [3.05, 3.63) is 0 Å². The smallest absolute Gasteiger partial charge is 0.325 e. The molecule has 0 radical (unpaired) electrons. The first-order valence-corrected chi connectivity index (χ1v) is 9.41. The Morgan fingerprint density at radius 2 is 1.90 bits per heavy atom. The Morgan fingerprint density at radius 3 is 2.43 bits per heavy atom. The first kappa shape index (κ1) is 18.4. The standard InChI is InChI=1S/C14H28N2O4S/c1-4-15-14(2,13(17)20-3)7-5-6-8-16-9-11-21(18,19)12-10-16/h15H,4-12H2,1-3H3. The summed E-state index contributed by atoms with van der Waals surface area (Å²) < 4.78 is 27.6. The van der Waals surface area contributed by atoms with Crippen molar-refractivity contribution in [1.29, 1.82) is 0 Å². The first-order valence-electron chi connectivity index (χ1n) is 7.59. The molecule has 0 aromatic heterocycles. The fourth-order valence-corrected chi connectivity index (χ4v) is 3.94. The van der Waals surface area contributed by atoms with Gasteiger partial charge in [-0.1, -0.05) is 6.92 Å². The van der Waals surface area contributed by atoms with Crippen LogP contribution in [0.4, 0.5) is 0 Å². The number of hydrogen-bond acceptors (Lipinski definition) is 6. The number of likely N-dealkylation sites (N-methyl/N-ethyl adjacent to an activating group) is 1. The van der Waals surface area contributed by atoms with E-state index in [-0.39, 0.29) is 17.5 Å². The third kappa shape index (κ3) is 5.92. The van der Waals surface area contributed by atoms with E-state index in [1.165, 1.54) is 7.11 Å². The molecule has 0 bridgehead atoms. The number of rotatable bonds is 8. The predicted octanol–water partition coefficient (Wildman–Crippen LogP) is 0.428. The molecule has 7 heteroatoms. The zero-order valence-electron chi connectivity index (χ0n) is 13.4. The van der Waals surface area contributed by atoms with Crippen molar-refractivity contribution in [2.24, 2.45) is 0 Å². The van der Waals surface area contributed by atoms with Gasteiger partial charge in [0.1, 0.15) is 5.54 Å². The van der Waals surface area contributed by atoms with E-state index in [9.17, 15) is 13.2 Å². The van der Waals surface area contributed by atoms with Crippen molar-refractivity contribution >= 4 is 15.8 Å². The Labute approximate surface area is 128 Å². The molecule has 21 heavy (non-hydrogen) atoms. The number of nitrogens with zero attached hydrogens (tertiary/aromatic N) is 1. The van der Waals surface area contributed by atoms with Gasteiger partial charge in [-0.25, -0.2) is 8.42 Å². The van der Waals surface area contributed by atoms with Gasteiger partial charge in [0.25, 0.3) is 0 Å². The highest BCUT2D eigenvalue weighted by Gasteiger charge is 2.32. The van der Waals surface area contributed by atoms with Gasteiger partial charge in [-0.15, -0.1) is 0 Å². The number of nitrogens with one attached hydrogen (secondary N) is 1. The highest BCUT2D eigenvalue weighted by Crippen LogP contribution is 2.16. The number of methoxy groups -OCH3 is 1. The molecule has 1 fully saturated rings. The summed E-state index contributed by atoms with van der Waals surface area (Å²) in [7, 11) is -1.40. The van der Waals surface area contributed by atoms with Crippen LogP contribution in [0.2, 0.25) is 0 Å². The molecule has 1 aliphatic heterocycles. The summed E-state index contributed by atoms with van der Waals surface area (Å²) in [6.07, 6.45) is 2.58. The lowest BCUT2D eigenvalue weighted by molar-refractivity contribution is -0.148. The molecule has 0 amide bonds. The van der Waals surface area contributed by atoms with E-state index >= 15 is 0 Å². The molecule has 0 saturated carbocycles. The number of carbonyl (C=O) groups excluding carboxylic acids is 1. The molecule has 1 atom stereocenters. The number of hydrogen-bond donors (Lipinski definition) is 1. The van der Waals surface area contributed by atoms with Gasteiger partial charge in [-0.05, 0) is 39.3 Å². The lowest BCUT2D eigenvalue weighted by atomic mass is 9.94. The number of sulfone groups is 1. The number of ether oxygens (including phenoxy) is 1. The van der Waals surface area contributed by atoms with E-state index in [0.29, 0.717) is 13.1 Å². The van der Waals surface area contributed by atoms with Crippen molar-refractivity contribution < 1.29 is 17.9 Å². The van der Waals surface area contributed by atoms with Crippen molar-refractivity contribution in [3.8, 4) is 0 Å². The zero-order chi connectivity index (χ0) is 15.9. The normalized spacial score (nSPS) is 21.7. The molecule has 1 rings (SSSR count). The van der Waals surface area contributed by atoms with Crippen molar-refractivity contribution in [3.63, 3.8) is 0 Å². The molecular weight excluding hydrogens is 292 g/mol. The fourth-order valence-electron chi connectivity index (χ4n) is 2.67. The number of unbranched alkanes of at least 4 members (excludes halogenated alkanes) is 1. The average Bonchev–Trinajstić information content (AvgIpc) is 2.44. The van der Waals surface area contributed by atoms with Crippen LogP contribution in [-0.4, -0.2) is 69.6 Å².